The highest BCUT2D eigenvalue weighted by Gasteiger charge is 2.41. The largest absolute Gasteiger partial charge is 0.477 e. The van der Waals surface area contributed by atoms with Crippen LogP contribution in [-0.4, -0.2) is 41.6 Å². The van der Waals surface area contributed by atoms with Crippen LogP contribution in [0.1, 0.15) is 18.4 Å². The van der Waals surface area contributed by atoms with Gasteiger partial charge in [0.2, 0.25) is 5.88 Å². The topological polar surface area (TPSA) is 76.3 Å². The molecule has 3 heterocycles. The van der Waals surface area contributed by atoms with Crippen molar-refractivity contribution in [1.29, 1.82) is 0 Å². The van der Waals surface area contributed by atoms with Crippen LogP contribution in [-0.2, 0) is 6.54 Å². The molecule has 5 rings (SSSR count). The summed E-state index contributed by atoms with van der Waals surface area (Å²) in [6, 6.07) is 12.2. The molecule has 3 aromatic rings. The molecular weight excluding hydrogens is 374 g/mol. The number of nitrogens with zero attached hydrogens (tertiary/aromatic N) is 3. The van der Waals surface area contributed by atoms with Crippen molar-refractivity contribution in [2.45, 2.75) is 19.4 Å². The zero-order valence-corrected chi connectivity index (χ0v) is 17.4. The van der Waals surface area contributed by atoms with E-state index in [-0.39, 0.29) is 0 Å². The van der Waals surface area contributed by atoms with Crippen molar-refractivity contribution < 1.29 is 4.74 Å². The Morgan fingerprint density at radius 2 is 1.87 bits per heavy atom. The summed E-state index contributed by atoms with van der Waals surface area (Å²) in [5.41, 5.74) is 8.15. The van der Waals surface area contributed by atoms with Crippen molar-refractivity contribution in [3.05, 3.63) is 54.4 Å². The fourth-order valence-corrected chi connectivity index (χ4v) is 5.18. The van der Waals surface area contributed by atoms with E-state index >= 15 is 0 Å². The highest BCUT2D eigenvalue weighted by Crippen LogP contribution is 2.41. The van der Waals surface area contributed by atoms with Gasteiger partial charge in [-0.05, 0) is 73.0 Å². The van der Waals surface area contributed by atoms with Gasteiger partial charge < -0.3 is 20.7 Å². The van der Waals surface area contributed by atoms with Crippen molar-refractivity contribution in [3.63, 3.8) is 0 Å². The summed E-state index contributed by atoms with van der Waals surface area (Å²) in [7, 11) is 2.24. The molecule has 2 aromatic heterocycles. The van der Waals surface area contributed by atoms with E-state index in [4.69, 9.17) is 10.5 Å². The third kappa shape index (κ3) is 3.92. The van der Waals surface area contributed by atoms with E-state index in [1.165, 1.54) is 25.9 Å². The fourth-order valence-electron chi connectivity index (χ4n) is 5.18. The minimum absolute atomic E-state index is 0.563. The lowest BCUT2D eigenvalue weighted by atomic mass is 9.86. The second-order valence-corrected chi connectivity index (χ2v) is 8.78. The molecule has 2 unspecified atom stereocenters. The summed E-state index contributed by atoms with van der Waals surface area (Å²) < 4.78 is 6.15. The second-order valence-electron chi connectivity index (χ2n) is 8.78. The standard InChI is InChI=1S/C24H29N5O/c1-29-13-18-2-3-19(14-29)22(18)15-30-23-10-16(6-8-26-23)12-28-20-4-5-21-17(11-20)7-9-27-24(21)25/h4-11,18-19,22,28H,2-3,12-15H2,1H3,(H2,25,27). The Balaban J connectivity index is 1.20. The summed E-state index contributed by atoms with van der Waals surface area (Å²) in [5, 5.41) is 5.54. The van der Waals surface area contributed by atoms with Crippen LogP contribution in [0, 0.1) is 17.8 Å². The normalized spacial score (nSPS) is 23.6. The van der Waals surface area contributed by atoms with E-state index in [0.29, 0.717) is 18.3 Å². The van der Waals surface area contributed by atoms with E-state index < -0.39 is 0 Å². The van der Waals surface area contributed by atoms with Gasteiger partial charge in [-0.3, -0.25) is 0 Å². The van der Waals surface area contributed by atoms with Crippen LogP contribution < -0.4 is 15.8 Å². The molecule has 2 aliphatic rings. The van der Waals surface area contributed by atoms with Gasteiger partial charge in [-0.1, -0.05) is 0 Å². The Kier molecular flexibility index (Phi) is 5.17. The first-order valence-corrected chi connectivity index (χ1v) is 10.8. The van der Waals surface area contributed by atoms with E-state index in [1.807, 2.05) is 36.5 Å². The van der Waals surface area contributed by atoms with Crippen LogP contribution in [0.5, 0.6) is 5.88 Å². The molecule has 1 aliphatic heterocycles. The number of nitrogen functional groups attached to an aromatic ring is 1. The summed E-state index contributed by atoms with van der Waals surface area (Å²) in [5.74, 6) is 3.51. The Morgan fingerprint density at radius 3 is 2.70 bits per heavy atom. The lowest BCUT2D eigenvalue weighted by Crippen LogP contribution is -2.41. The number of hydrogen-bond donors (Lipinski definition) is 2. The zero-order valence-electron chi connectivity index (χ0n) is 17.4. The summed E-state index contributed by atoms with van der Waals surface area (Å²) in [6.07, 6.45) is 6.26. The molecule has 6 heteroatoms. The van der Waals surface area contributed by atoms with Crippen LogP contribution >= 0.6 is 0 Å². The number of piperidine rings is 1. The molecule has 30 heavy (non-hydrogen) atoms. The molecule has 3 N–H and O–H groups in total. The Labute approximate surface area is 177 Å². The SMILES string of the molecule is CN1CC2CCC(C1)C2COc1cc(CNc2ccc3c(N)nccc3c2)ccn1. The van der Waals surface area contributed by atoms with Crippen molar-refractivity contribution in [1.82, 2.24) is 14.9 Å². The summed E-state index contributed by atoms with van der Waals surface area (Å²) in [4.78, 5) is 11.0. The third-order valence-electron chi connectivity index (χ3n) is 6.73. The Bertz CT molecular complexity index is 1030. The number of fused-ring (bicyclic) bond motifs is 3. The average molecular weight is 404 g/mol. The maximum atomic E-state index is 6.15. The molecule has 0 radical (unpaired) electrons. The first-order chi connectivity index (χ1) is 14.7. The van der Waals surface area contributed by atoms with Crippen molar-refractivity contribution in [3.8, 4) is 5.88 Å². The number of benzene rings is 1. The maximum Gasteiger partial charge on any atom is 0.213 e. The molecular formula is C24H29N5O. The fraction of sp³-hybridized carbons (Fsp3) is 0.417. The van der Waals surface area contributed by atoms with E-state index in [9.17, 15) is 0 Å². The predicted molar refractivity (Wildman–Crippen MR) is 120 cm³/mol. The van der Waals surface area contributed by atoms with Gasteiger partial charge in [0.1, 0.15) is 5.82 Å². The first kappa shape index (κ1) is 19.1. The molecule has 156 valence electrons. The number of nitrogens with one attached hydrogen (secondary N) is 1. The molecule has 0 amide bonds. The maximum absolute atomic E-state index is 6.15. The molecule has 2 fully saturated rings. The first-order valence-electron chi connectivity index (χ1n) is 10.8. The van der Waals surface area contributed by atoms with Crippen LogP contribution in [0.15, 0.2) is 48.8 Å². The number of aromatic nitrogens is 2. The van der Waals surface area contributed by atoms with E-state index in [0.717, 1.165) is 46.3 Å². The molecule has 1 saturated carbocycles. The van der Waals surface area contributed by atoms with Crippen LogP contribution in [0.2, 0.25) is 0 Å². The van der Waals surface area contributed by atoms with Gasteiger partial charge >= 0.3 is 0 Å². The van der Waals surface area contributed by atoms with Gasteiger partial charge in [0.05, 0.1) is 6.61 Å². The third-order valence-corrected chi connectivity index (χ3v) is 6.73. The van der Waals surface area contributed by atoms with Crippen LogP contribution in [0.4, 0.5) is 11.5 Å². The lowest BCUT2D eigenvalue weighted by molar-refractivity contribution is 0.0878. The van der Waals surface area contributed by atoms with Crippen LogP contribution in [0.25, 0.3) is 10.8 Å². The molecule has 1 saturated heterocycles. The average Bonchev–Trinajstić information content (AvgIpc) is 3.00. The number of pyridine rings is 2. The van der Waals surface area contributed by atoms with Gasteiger partial charge in [0.15, 0.2) is 0 Å². The van der Waals surface area contributed by atoms with Gasteiger partial charge in [-0.2, -0.15) is 0 Å². The molecule has 1 aromatic carbocycles. The number of anilines is 2. The smallest absolute Gasteiger partial charge is 0.213 e. The minimum atomic E-state index is 0.563. The minimum Gasteiger partial charge on any atom is -0.477 e. The van der Waals surface area contributed by atoms with Crippen molar-refractivity contribution in [2.75, 3.05) is 37.8 Å². The number of likely N-dealkylation sites (tertiary alicyclic amines) is 1. The molecule has 2 bridgehead atoms. The van der Waals surface area contributed by atoms with E-state index in [2.05, 4.69) is 33.3 Å². The number of rotatable bonds is 6. The number of hydrogen-bond acceptors (Lipinski definition) is 6. The monoisotopic (exact) mass is 403 g/mol. The van der Waals surface area contributed by atoms with Gasteiger partial charge in [-0.25, -0.2) is 9.97 Å². The predicted octanol–water partition coefficient (Wildman–Crippen LogP) is 3.79. The van der Waals surface area contributed by atoms with Crippen LogP contribution in [0.3, 0.4) is 0 Å². The lowest BCUT2D eigenvalue weighted by Gasteiger charge is -2.35. The highest BCUT2D eigenvalue weighted by molar-refractivity contribution is 5.92. The van der Waals surface area contributed by atoms with Crippen molar-refractivity contribution in [2.24, 2.45) is 17.8 Å². The van der Waals surface area contributed by atoms with Gasteiger partial charge in [0, 0.05) is 55.1 Å². The number of ether oxygens (including phenoxy) is 1. The molecule has 2 atom stereocenters. The van der Waals surface area contributed by atoms with Crippen molar-refractivity contribution >= 4 is 22.3 Å². The van der Waals surface area contributed by atoms with Gasteiger partial charge in [-0.15, -0.1) is 0 Å². The second kappa shape index (κ2) is 8.11. The Morgan fingerprint density at radius 1 is 1.07 bits per heavy atom. The zero-order chi connectivity index (χ0) is 20.5. The molecule has 1 aliphatic carbocycles. The quantitative estimate of drug-likeness (QED) is 0.652. The van der Waals surface area contributed by atoms with E-state index in [1.54, 1.807) is 6.20 Å². The molecule has 0 spiro atoms. The van der Waals surface area contributed by atoms with Gasteiger partial charge in [0.25, 0.3) is 0 Å². The Hall–Kier alpha value is -2.86. The highest BCUT2D eigenvalue weighted by atomic mass is 16.5. The summed E-state index contributed by atoms with van der Waals surface area (Å²) >= 11 is 0. The summed E-state index contributed by atoms with van der Waals surface area (Å²) in [6.45, 7) is 3.91. The number of nitrogens with two attached hydrogens (primary N) is 1. The molecule has 6 nitrogen and oxygen atoms in total.